The number of thioether (sulfide) groups is 1. The van der Waals surface area contributed by atoms with E-state index < -0.39 is 0 Å². The monoisotopic (exact) mass is 416 g/mol. The van der Waals surface area contributed by atoms with E-state index in [1.807, 2.05) is 78.9 Å². The summed E-state index contributed by atoms with van der Waals surface area (Å²) in [6, 6.07) is 25.3. The second kappa shape index (κ2) is 9.76. The summed E-state index contributed by atoms with van der Waals surface area (Å²) in [5.74, 6) is 0.764. The molecule has 0 saturated heterocycles. The molecule has 6 nitrogen and oxygen atoms in total. The quantitative estimate of drug-likeness (QED) is 0.254. The number of hydrogen-bond donors (Lipinski definition) is 2. The Morgan fingerprint density at radius 1 is 1.07 bits per heavy atom. The fraction of sp³-hybridized carbons (Fsp3) is 0.0870. The maximum atomic E-state index is 12.0. The molecule has 0 aliphatic carbocycles. The van der Waals surface area contributed by atoms with Crippen LogP contribution in [0.3, 0.4) is 0 Å². The normalized spacial score (nSPS) is 11.1. The van der Waals surface area contributed by atoms with E-state index in [0.29, 0.717) is 11.8 Å². The van der Waals surface area contributed by atoms with Gasteiger partial charge in [-0.1, -0.05) is 66.4 Å². The highest BCUT2D eigenvalue weighted by molar-refractivity contribution is 7.99. The van der Waals surface area contributed by atoms with Gasteiger partial charge in [0.05, 0.1) is 23.0 Å². The molecule has 150 valence electrons. The highest BCUT2D eigenvalue weighted by atomic mass is 32.2. The van der Waals surface area contributed by atoms with Gasteiger partial charge < -0.3 is 9.72 Å². The van der Waals surface area contributed by atoms with E-state index in [2.05, 4.69) is 20.5 Å². The molecule has 0 bridgehead atoms. The van der Waals surface area contributed by atoms with Crippen molar-refractivity contribution in [2.24, 2.45) is 5.10 Å². The molecule has 0 aliphatic rings. The van der Waals surface area contributed by atoms with E-state index in [-0.39, 0.29) is 11.7 Å². The fourth-order valence-corrected chi connectivity index (χ4v) is 3.45. The largest absolute Gasteiger partial charge is 0.489 e. The van der Waals surface area contributed by atoms with Crippen molar-refractivity contribution in [1.29, 1.82) is 0 Å². The number of hydrazone groups is 1. The van der Waals surface area contributed by atoms with Crippen LogP contribution in [0.1, 0.15) is 11.1 Å². The first-order valence-corrected chi connectivity index (χ1v) is 10.4. The standard InChI is InChI=1S/C23H20N4O2S/c28-22(16-30-23-25-20-11-4-5-12-21(20)26-23)27-24-14-18-9-6-10-19(13-18)29-15-17-7-2-1-3-8-17/h1-14H,15-16H2,(H,25,26)(H,27,28)/b24-14+. The molecule has 1 amide bonds. The van der Waals surface area contributed by atoms with Crippen LogP contribution in [-0.4, -0.2) is 27.8 Å². The van der Waals surface area contributed by atoms with Crippen LogP contribution >= 0.6 is 11.8 Å². The minimum Gasteiger partial charge on any atom is -0.489 e. The number of imidazole rings is 1. The maximum Gasteiger partial charge on any atom is 0.250 e. The maximum absolute atomic E-state index is 12.0. The number of aromatic amines is 1. The molecule has 1 aromatic heterocycles. The smallest absolute Gasteiger partial charge is 0.250 e. The SMILES string of the molecule is O=C(CSc1nc2ccccc2[nH]1)N/N=C/c1cccc(OCc2ccccc2)c1. The molecule has 0 atom stereocenters. The number of aromatic nitrogens is 2. The average Bonchev–Trinajstić information content (AvgIpc) is 3.20. The second-order valence-corrected chi connectivity index (χ2v) is 7.45. The van der Waals surface area contributed by atoms with Crippen LogP contribution in [0.4, 0.5) is 0 Å². The molecule has 4 rings (SSSR count). The summed E-state index contributed by atoms with van der Waals surface area (Å²) in [4.78, 5) is 19.7. The molecule has 4 aromatic rings. The van der Waals surface area contributed by atoms with E-state index in [9.17, 15) is 4.79 Å². The van der Waals surface area contributed by atoms with E-state index in [1.54, 1.807) is 6.21 Å². The molecule has 0 unspecified atom stereocenters. The van der Waals surface area contributed by atoms with Crippen molar-refractivity contribution in [1.82, 2.24) is 15.4 Å². The molecule has 0 saturated carbocycles. The van der Waals surface area contributed by atoms with Crippen molar-refractivity contribution in [2.45, 2.75) is 11.8 Å². The third-order valence-corrected chi connectivity index (χ3v) is 5.09. The van der Waals surface area contributed by atoms with Gasteiger partial charge in [-0.3, -0.25) is 4.79 Å². The van der Waals surface area contributed by atoms with Gasteiger partial charge in [0.1, 0.15) is 12.4 Å². The average molecular weight is 417 g/mol. The van der Waals surface area contributed by atoms with Crippen molar-refractivity contribution >= 4 is 34.9 Å². The zero-order valence-corrected chi connectivity index (χ0v) is 16.9. The van der Waals surface area contributed by atoms with Gasteiger partial charge in [0.2, 0.25) is 0 Å². The van der Waals surface area contributed by atoms with Crippen molar-refractivity contribution in [3.05, 3.63) is 90.0 Å². The molecule has 0 spiro atoms. The molecule has 0 fully saturated rings. The molecule has 2 N–H and O–H groups in total. The van der Waals surface area contributed by atoms with Crippen LogP contribution < -0.4 is 10.2 Å². The first-order valence-electron chi connectivity index (χ1n) is 9.42. The molecule has 30 heavy (non-hydrogen) atoms. The Labute approximate surface area is 178 Å². The number of carbonyl (C=O) groups excluding carboxylic acids is 1. The molecule has 0 radical (unpaired) electrons. The van der Waals surface area contributed by atoms with Gasteiger partial charge in [0, 0.05) is 0 Å². The van der Waals surface area contributed by atoms with Crippen LogP contribution in [0.2, 0.25) is 0 Å². The highest BCUT2D eigenvalue weighted by Crippen LogP contribution is 2.19. The molecule has 0 aliphatic heterocycles. The Morgan fingerprint density at radius 2 is 1.90 bits per heavy atom. The van der Waals surface area contributed by atoms with Crippen LogP contribution in [0, 0.1) is 0 Å². The zero-order valence-electron chi connectivity index (χ0n) is 16.1. The lowest BCUT2D eigenvalue weighted by Gasteiger charge is -2.06. The summed E-state index contributed by atoms with van der Waals surface area (Å²) in [5, 5.41) is 4.74. The number of benzene rings is 3. The predicted molar refractivity (Wildman–Crippen MR) is 120 cm³/mol. The minimum absolute atomic E-state index is 0.201. The Morgan fingerprint density at radius 3 is 2.77 bits per heavy atom. The van der Waals surface area contributed by atoms with Gasteiger partial charge in [0.15, 0.2) is 5.16 Å². The summed E-state index contributed by atoms with van der Waals surface area (Å²) < 4.78 is 5.81. The number of rotatable bonds is 8. The molecule has 7 heteroatoms. The van der Waals surface area contributed by atoms with Crippen molar-refractivity contribution < 1.29 is 9.53 Å². The number of H-pyrrole nitrogens is 1. The van der Waals surface area contributed by atoms with Crippen LogP contribution in [0.5, 0.6) is 5.75 Å². The molecule has 1 heterocycles. The minimum atomic E-state index is -0.201. The highest BCUT2D eigenvalue weighted by Gasteiger charge is 2.06. The summed E-state index contributed by atoms with van der Waals surface area (Å²) in [5.41, 5.74) is 6.31. The van der Waals surface area contributed by atoms with Gasteiger partial charge in [-0.15, -0.1) is 0 Å². The Balaban J connectivity index is 1.25. The van der Waals surface area contributed by atoms with Crippen molar-refractivity contribution in [3.63, 3.8) is 0 Å². The lowest BCUT2D eigenvalue weighted by atomic mass is 10.2. The third kappa shape index (κ3) is 5.48. The van der Waals surface area contributed by atoms with E-state index in [0.717, 1.165) is 27.9 Å². The number of amides is 1. The lowest BCUT2D eigenvalue weighted by Crippen LogP contribution is -2.19. The molecular weight excluding hydrogens is 396 g/mol. The number of hydrogen-bond acceptors (Lipinski definition) is 5. The van der Waals surface area contributed by atoms with Crippen molar-refractivity contribution in [3.8, 4) is 5.75 Å². The third-order valence-electron chi connectivity index (χ3n) is 4.22. The zero-order chi connectivity index (χ0) is 20.6. The van der Waals surface area contributed by atoms with E-state index in [1.165, 1.54) is 11.8 Å². The van der Waals surface area contributed by atoms with Crippen LogP contribution in [0.25, 0.3) is 11.0 Å². The second-order valence-electron chi connectivity index (χ2n) is 6.49. The number of ether oxygens (including phenoxy) is 1. The van der Waals surface area contributed by atoms with Crippen molar-refractivity contribution in [2.75, 3.05) is 5.75 Å². The van der Waals surface area contributed by atoms with Gasteiger partial charge >= 0.3 is 0 Å². The number of carbonyl (C=O) groups is 1. The van der Waals surface area contributed by atoms with Gasteiger partial charge in [-0.2, -0.15) is 5.10 Å². The Hall–Kier alpha value is -3.58. The Kier molecular flexibility index (Phi) is 6.41. The van der Waals surface area contributed by atoms with E-state index in [4.69, 9.17) is 4.74 Å². The first kappa shape index (κ1) is 19.7. The topological polar surface area (TPSA) is 79.4 Å². The lowest BCUT2D eigenvalue weighted by molar-refractivity contribution is -0.118. The number of nitrogens with one attached hydrogen (secondary N) is 2. The summed E-state index contributed by atoms with van der Waals surface area (Å²) >= 11 is 1.33. The van der Waals surface area contributed by atoms with Gasteiger partial charge in [0.25, 0.3) is 5.91 Å². The summed E-state index contributed by atoms with van der Waals surface area (Å²) in [6.45, 7) is 0.497. The van der Waals surface area contributed by atoms with Gasteiger partial charge in [-0.25, -0.2) is 10.4 Å². The molecular formula is C23H20N4O2S. The first-order chi connectivity index (χ1) is 14.8. The van der Waals surface area contributed by atoms with Crippen LogP contribution in [-0.2, 0) is 11.4 Å². The fourth-order valence-electron chi connectivity index (χ4n) is 2.77. The number of nitrogens with zero attached hydrogens (tertiary/aromatic N) is 2. The predicted octanol–water partition coefficient (Wildman–Crippen LogP) is 4.38. The molecule has 3 aromatic carbocycles. The number of fused-ring (bicyclic) bond motifs is 1. The summed E-state index contributed by atoms with van der Waals surface area (Å²) in [6.07, 6.45) is 1.60. The summed E-state index contributed by atoms with van der Waals surface area (Å²) in [7, 11) is 0. The number of para-hydroxylation sites is 2. The van der Waals surface area contributed by atoms with E-state index >= 15 is 0 Å². The Bertz CT molecular complexity index is 1130. The van der Waals surface area contributed by atoms with Crippen LogP contribution in [0.15, 0.2) is 89.1 Å². The van der Waals surface area contributed by atoms with Gasteiger partial charge in [-0.05, 0) is 35.4 Å².